The summed E-state index contributed by atoms with van der Waals surface area (Å²) in [4.78, 5) is 1.63. The standard InChI is InChI=1S/C14H14S2.C2H6/c1-3-8-11(4-2)13(15)14(16)12-9-6-5-7-10-12;1-2/h3-10,15-16H,1-2H2;1-2H3/b11-8+,14-13-;. The molecule has 0 heterocycles. The third kappa shape index (κ3) is 5.03. The smallest absolute Gasteiger partial charge is 0.0253 e. The van der Waals surface area contributed by atoms with Crippen LogP contribution in [-0.4, -0.2) is 0 Å². The molecule has 0 nitrogen and oxygen atoms in total. The molecule has 1 rings (SSSR count). The number of thiol groups is 2. The Morgan fingerprint density at radius 1 is 1.06 bits per heavy atom. The molecule has 0 saturated carbocycles. The van der Waals surface area contributed by atoms with E-state index in [2.05, 4.69) is 38.4 Å². The van der Waals surface area contributed by atoms with Crippen molar-refractivity contribution in [3.63, 3.8) is 0 Å². The molecule has 2 heteroatoms. The first-order chi connectivity index (χ1) is 8.70. The van der Waals surface area contributed by atoms with Crippen LogP contribution >= 0.6 is 25.3 Å². The fourth-order valence-electron chi connectivity index (χ4n) is 1.24. The number of rotatable bonds is 4. The number of allylic oxidation sites excluding steroid dienone is 4. The summed E-state index contributed by atoms with van der Waals surface area (Å²) in [5.74, 6) is 0. The van der Waals surface area contributed by atoms with E-state index >= 15 is 0 Å². The van der Waals surface area contributed by atoms with Gasteiger partial charge in [-0.25, -0.2) is 0 Å². The Balaban J connectivity index is 0.00000137. The SMILES string of the molecule is C=C/C=C(C=C)/C(S)=C(/S)c1ccccc1.CC. The summed E-state index contributed by atoms with van der Waals surface area (Å²) in [6.45, 7) is 11.4. The third-order valence-corrected chi connectivity index (χ3v) is 3.20. The Bertz CT molecular complexity index is 439. The lowest BCUT2D eigenvalue weighted by Crippen LogP contribution is -1.83. The molecule has 18 heavy (non-hydrogen) atoms. The fraction of sp³-hybridized carbons (Fsp3) is 0.125. The zero-order valence-corrected chi connectivity index (χ0v) is 12.7. The summed E-state index contributed by atoms with van der Waals surface area (Å²) in [6.07, 6.45) is 5.30. The molecule has 0 atom stereocenters. The lowest BCUT2D eigenvalue weighted by atomic mass is 10.1. The maximum absolute atomic E-state index is 4.48. The average molecular weight is 276 g/mol. The average Bonchev–Trinajstić information content (AvgIpc) is 2.46. The van der Waals surface area contributed by atoms with Gasteiger partial charge in [-0.05, 0) is 11.1 Å². The first-order valence-electron chi connectivity index (χ1n) is 5.84. The number of hydrogen-bond donors (Lipinski definition) is 2. The highest BCUT2D eigenvalue weighted by molar-refractivity contribution is 7.93. The van der Waals surface area contributed by atoms with Crippen LogP contribution in [0.3, 0.4) is 0 Å². The lowest BCUT2D eigenvalue weighted by molar-refractivity contribution is 1.50. The molecule has 0 amide bonds. The zero-order chi connectivity index (χ0) is 14.0. The minimum Gasteiger partial charge on any atom is -0.142 e. The highest BCUT2D eigenvalue weighted by Crippen LogP contribution is 2.29. The molecule has 0 aromatic heterocycles. The van der Waals surface area contributed by atoms with Crippen molar-refractivity contribution < 1.29 is 0 Å². The maximum Gasteiger partial charge on any atom is 0.0253 e. The molecule has 0 bridgehead atoms. The molecule has 0 N–H and O–H groups in total. The van der Waals surface area contributed by atoms with E-state index in [1.54, 1.807) is 12.2 Å². The van der Waals surface area contributed by atoms with E-state index in [9.17, 15) is 0 Å². The topological polar surface area (TPSA) is 0 Å². The van der Waals surface area contributed by atoms with E-state index in [0.717, 1.165) is 20.9 Å². The normalized spacial score (nSPS) is 11.9. The van der Waals surface area contributed by atoms with Gasteiger partial charge in [0.05, 0.1) is 0 Å². The van der Waals surface area contributed by atoms with Crippen molar-refractivity contribution >= 4 is 30.2 Å². The van der Waals surface area contributed by atoms with Gasteiger partial charge in [0.1, 0.15) is 0 Å². The molecule has 0 aliphatic carbocycles. The highest BCUT2D eigenvalue weighted by Gasteiger charge is 2.04. The van der Waals surface area contributed by atoms with Crippen molar-refractivity contribution in [3.05, 3.63) is 77.8 Å². The summed E-state index contributed by atoms with van der Waals surface area (Å²) in [5, 5.41) is 0. The van der Waals surface area contributed by atoms with E-state index in [1.807, 2.05) is 50.3 Å². The van der Waals surface area contributed by atoms with E-state index < -0.39 is 0 Å². The van der Waals surface area contributed by atoms with E-state index in [0.29, 0.717) is 0 Å². The Morgan fingerprint density at radius 2 is 1.61 bits per heavy atom. The monoisotopic (exact) mass is 276 g/mol. The minimum absolute atomic E-state index is 0.796. The van der Waals surface area contributed by atoms with Gasteiger partial charge in [0.15, 0.2) is 0 Å². The Morgan fingerprint density at radius 3 is 2.06 bits per heavy atom. The van der Waals surface area contributed by atoms with E-state index in [-0.39, 0.29) is 0 Å². The van der Waals surface area contributed by atoms with Crippen molar-refractivity contribution in [2.75, 3.05) is 0 Å². The summed E-state index contributed by atoms with van der Waals surface area (Å²) in [5.41, 5.74) is 1.94. The first kappa shape index (κ1) is 16.9. The molecule has 0 aliphatic rings. The summed E-state index contributed by atoms with van der Waals surface area (Å²) in [7, 11) is 0. The van der Waals surface area contributed by atoms with E-state index in [4.69, 9.17) is 0 Å². The second-order valence-corrected chi connectivity index (χ2v) is 4.02. The molecular formula is C16H20S2. The second kappa shape index (κ2) is 9.86. The van der Waals surface area contributed by atoms with Gasteiger partial charge in [0.2, 0.25) is 0 Å². The van der Waals surface area contributed by atoms with Gasteiger partial charge in [0, 0.05) is 9.81 Å². The van der Waals surface area contributed by atoms with Crippen molar-refractivity contribution in [1.82, 2.24) is 0 Å². The van der Waals surface area contributed by atoms with Gasteiger partial charge in [-0.15, -0.1) is 25.3 Å². The quantitative estimate of drug-likeness (QED) is 0.523. The molecular weight excluding hydrogens is 256 g/mol. The molecule has 0 unspecified atom stereocenters. The van der Waals surface area contributed by atoms with Crippen LogP contribution < -0.4 is 0 Å². The number of benzene rings is 1. The van der Waals surface area contributed by atoms with Gasteiger partial charge in [-0.2, -0.15) is 0 Å². The first-order valence-corrected chi connectivity index (χ1v) is 6.73. The van der Waals surface area contributed by atoms with Gasteiger partial charge in [0.25, 0.3) is 0 Å². The van der Waals surface area contributed by atoms with Crippen LogP contribution in [0.25, 0.3) is 4.91 Å². The number of hydrogen-bond acceptors (Lipinski definition) is 2. The molecule has 96 valence electrons. The van der Waals surface area contributed by atoms with Crippen molar-refractivity contribution in [1.29, 1.82) is 0 Å². The van der Waals surface area contributed by atoms with Crippen molar-refractivity contribution in [2.24, 2.45) is 0 Å². The molecule has 0 aliphatic heterocycles. The second-order valence-electron chi connectivity index (χ2n) is 3.13. The Hall–Kier alpha value is -1.12. The van der Waals surface area contributed by atoms with Gasteiger partial charge < -0.3 is 0 Å². The predicted octanol–water partition coefficient (Wildman–Crippen LogP) is 5.54. The highest BCUT2D eigenvalue weighted by atomic mass is 32.1. The molecule has 0 spiro atoms. The van der Waals surface area contributed by atoms with Crippen LogP contribution in [0.4, 0.5) is 0 Å². The molecule has 1 aromatic rings. The Kier molecular flexibility index (Phi) is 9.25. The van der Waals surface area contributed by atoms with Gasteiger partial charge >= 0.3 is 0 Å². The molecule has 0 saturated heterocycles. The van der Waals surface area contributed by atoms with E-state index in [1.165, 1.54) is 0 Å². The van der Waals surface area contributed by atoms with Crippen LogP contribution in [0.2, 0.25) is 0 Å². The summed E-state index contributed by atoms with van der Waals surface area (Å²) < 4.78 is 0. The molecule has 1 aromatic carbocycles. The fourth-order valence-corrected chi connectivity index (χ4v) is 1.81. The predicted molar refractivity (Wildman–Crippen MR) is 91.2 cm³/mol. The molecule has 0 radical (unpaired) electrons. The maximum atomic E-state index is 4.48. The van der Waals surface area contributed by atoms with Crippen LogP contribution in [0.5, 0.6) is 0 Å². The summed E-state index contributed by atoms with van der Waals surface area (Å²) in [6, 6.07) is 9.89. The zero-order valence-electron chi connectivity index (χ0n) is 10.9. The third-order valence-electron chi connectivity index (χ3n) is 2.06. The van der Waals surface area contributed by atoms with Crippen LogP contribution in [0.1, 0.15) is 19.4 Å². The van der Waals surface area contributed by atoms with Crippen molar-refractivity contribution in [3.8, 4) is 0 Å². The minimum atomic E-state index is 0.796. The molecule has 0 fully saturated rings. The van der Waals surface area contributed by atoms with Gasteiger partial charge in [-0.3, -0.25) is 0 Å². The van der Waals surface area contributed by atoms with Gasteiger partial charge in [-0.1, -0.05) is 75.6 Å². The largest absolute Gasteiger partial charge is 0.142 e. The van der Waals surface area contributed by atoms with Crippen LogP contribution in [-0.2, 0) is 0 Å². The summed E-state index contributed by atoms with van der Waals surface area (Å²) >= 11 is 8.94. The Labute approximate surface area is 122 Å². The van der Waals surface area contributed by atoms with Crippen LogP contribution in [0, 0.1) is 0 Å². The lowest BCUT2D eigenvalue weighted by Gasteiger charge is -2.07. The van der Waals surface area contributed by atoms with Crippen LogP contribution in [0.15, 0.2) is 72.2 Å². The van der Waals surface area contributed by atoms with Crippen molar-refractivity contribution in [2.45, 2.75) is 13.8 Å².